The summed E-state index contributed by atoms with van der Waals surface area (Å²) in [5.41, 5.74) is 2.19. The summed E-state index contributed by atoms with van der Waals surface area (Å²) in [4.78, 5) is 15.0. The highest BCUT2D eigenvalue weighted by Gasteiger charge is 2.43. The predicted octanol–water partition coefficient (Wildman–Crippen LogP) is 3.03. The molecule has 4 nitrogen and oxygen atoms in total. The average molecular weight is 384 g/mol. The summed E-state index contributed by atoms with van der Waals surface area (Å²) >= 11 is 0. The number of nitrogens with zero attached hydrogens (tertiary/aromatic N) is 1. The van der Waals surface area contributed by atoms with Gasteiger partial charge in [-0.25, -0.2) is 8.42 Å². The van der Waals surface area contributed by atoms with Crippen LogP contribution < -0.4 is 0 Å². The van der Waals surface area contributed by atoms with E-state index in [1.165, 1.54) is 11.1 Å². The van der Waals surface area contributed by atoms with Crippen molar-refractivity contribution in [1.82, 2.24) is 4.90 Å². The number of hydrogen-bond acceptors (Lipinski definition) is 3. The van der Waals surface area contributed by atoms with Gasteiger partial charge in [0, 0.05) is 18.5 Å². The van der Waals surface area contributed by atoms with Gasteiger partial charge in [-0.1, -0.05) is 60.7 Å². The Morgan fingerprint density at radius 1 is 0.963 bits per heavy atom. The van der Waals surface area contributed by atoms with E-state index < -0.39 is 9.84 Å². The third-order valence-corrected chi connectivity index (χ3v) is 7.81. The topological polar surface area (TPSA) is 54.5 Å². The quantitative estimate of drug-likeness (QED) is 0.819. The van der Waals surface area contributed by atoms with E-state index in [9.17, 15) is 13.2 Å². The second kappa shape index (κ2) is 7.12. The van der Waals surface area contributed by atoms with Crippen LogP contribution in [0.3, 0.4) is 0 Å². The molecule has 2 aliphatic rings. The molecule has 0 N–H and O–H groups in total. The van der Waals surface area contributed by atoms with Gasteiger partial charge < -0.3 is 4.90 Å². The van der Waals surface area contributed by atoms with Crippen molar-refractivity contribution in [2.75, 3.05) is 24.6 Å². The normalized spacial score (nSPS) is 23.9. The van der Waals surface area contributed by atoms with E-state index in [1.54, 1.807) is 0 Å². The summed E-state index contributed by atoms with van der Waals surface area (Å²) in [5.74, 6) is -0.226. The van der Waals surface area contributed by atoms with Gasteiger partial charge >= 0.3 is 0 Å². The Kier molecular flexibility index (Phi) is 4.81. The minimum absolute atomic E-state index is 0.00596. The van der Waals surface area contributed by atoms with Crippen molar-refractivity contribution in [1.29, 1.82) is 0 Å². The van der Waals surface area contributed by atoms with Crippen LogP contribution in [0.25, 0.3) is 0 Å². The van der Waals surface area contributed by atoms with E-state index in [1.807, 2.05) is 41.3 Å². The summed E-state index contributed by atoms with van der Waals surface area (Å²) in [5, 5.41) is 0. The second-order valence-electron chi connectivity index (χ2n) is 7.78. The molecule has 2 saturated heterocycles. The molecule has 1 unspecified atom stereocenters. The Morgan fingerprint density at radius 3 is 2.07 bits per heavy atom. The van der Waals surface area contributed by atoms with E-state index in [2.05, 4.69) is 24.3 Å². The minimum atomic E-state index is -3.06. The molecule has 4 rings (SSSR count). The molecule has 1 amide bonds. The zero-order valence-corrected chi connectivity index (χ0v) is 16.2. The van der Waals surface area contributed by atoms with Gasteiger partial charge in [0.25, 0.3) is 0 Å². The lowest BCUT2D eigenvalue weighted by molar-refractivity contribution is -0.136. The maximum atomic E-state index is 13.1. The first-order valence-electron chi connectivity index (χ1n) is 9.60. The van der Waals surface area contributed by atoms with Crippen molar-refractivity contribution < 1.29 is 13.2 Å². The lowest BCUT2D eigenvalue weighted by atomic mass is 9.69. The van der Waals surface area contributed by atoms with Crippen LogP contribution in [0.5, 0.6) is 0 Å². The monoisotopic (exact) mass is 383 g/mol. The van der Waals surface area contributed by atoms with Crippen LogP contribution in [-0.2, 0) is 20.0 Å². The molecule has 0 saturated carbocycles. The molecule has 0 bridgehead atoms. The summed E-state index contributed by atoms with van der Waals surface area (Å²) in [6, 6.07) is 20.8. The molecular weight excluding hydrogens is 358 g/mol. The fourth-order valence-electron chi connectivity index (χ4n) is 4.64. The fourth-order valence-corrected chi connectivity index (χ4v) is 6.38. The summed E-state index contributed by atoms with van der Waals surface area (Å²) in [6.45, 7) is 1.31. The lowest BCUT2D eigenvalue weighted by Gasteiger charge is -2.44. The summed E-state index contributed by atoms with van der Waals surface area (Å²) < 4.78 is 23.7. The Balaban J connectivity index is 1.68. The molecule has 2 heterocycles. The van der Waals surface area contributed by atoms with Crippen molar-refractivity contribution in [3.63, 3.8) is 0 Å². The molecule has 2 aromatic rings. The Bertz CT molecular complexity index is 870. The van der Waals surface area contributed by atoms with Crippen LogP contribution in [0.1, 0.15) is 30.4 Å². The number of carbonyl (C=O) groups is 1. The molecule has 2 aliphatic heterocycles. The standard InChI is InChI=1S/C22H25NO3S/c24-21(18-12-15-27(25,26)16-18)23-14-7-13-22(17-23,19-8-3-1-4-9-19)20-10-5-2-6-11-20/h1-6,8-11,18H,7,12-17H2. The molecular formula is C22H25NO3S. The highest BCUT2D eigenvalue weighted by molar-refractivity contribution is 7.91. The van der Waals surface area contributed by atoms with Crippen molar-refractivity contribution in [3.8, 4) is 0 Å². The van der Waals surface area contributed by atoms with Crippen LogP contribution in [-0.4, -0.2) is 43.8 Å². The SMILES string of the molecule is O=C(C1CCS(=O)(=O)C1)N1CCCC(c2ccccc2)(c2ccccc2)C1. The second-order valence-corrected chi connectivity index (χ2v) is 10.0. The lowest BCUT2D eigenvalue weighted by Crippen LogP contribution is -2.50. The van der Waals surface area contributed by atoms with Crippen LogP contribution in [0.2, 0.25) is 0 Å². The van der Waals surface area contributed by atoms with Gasteiger partial charge in [-0.05, 0) is 30.4 Å². The molecule has 5 heteroatoms. The zero-order chi connectivity index (χ0) is 18.9. The molecule has 1 atom stereocenters. The van der Waals surface area contributed by atoms with Crippen LogP contribution >= 0.6 is 0 Å². The Labute approximate surface area is 161 Å². The van der Waals surface area contributed by atoms with Crippen LogP contribution in [0, 0.1) is 5.92 Å². The molecule has 2 aromatic carbocycles. The number of piperidine rings is 1. The van der Waals surface area contributed by atoms with E-state index in [-0.39, 0.29) is 28.7 Å². The zero-order valence-electron chi connectivity index (χ0n) is 15.4. The van der Waals surface area contributed by atoms with E-state index in [0.29, 0.717) is 19.5 Å². The van der Waals surface area contributed by atoms with Gasteiger partial charge in [0.2, 0.25) is 5.91 Å². The molecule has 142 valence electrons. The van der Waals surface area contributed by atoms with E-state index in [4.69, 9.17) is 0 Å². The molecule has 2 fully saturated rings. The first-order chi connectivity index (χ1) is 13.0. The number of rotatable bonds is 3. The van der Waals surface area contributed by atoms with Gasteiger partial charge in [0.05, 0.1) is 17.4 Å². The molecule has 0 aliphatic carbocycles. The fraction of sp³-hybridized carbons (Fsp3) is 0.409. The highest BCUT2D eigenvalue weighted by atomic mass is 32.2. The predicted molar refractivity (Wildman–Crippen MR) is 106 cm³/mol. The van der Waals surface area contributed by atoms with Gasteiger partial charge in [-0.3, -0.25) is 4.79 Å². The van der Waals surface area contributed by atoms with Crippen molar-refractivity contribution in [3.05, 3.63) is 71.8 Å². The number of sulfone groups is 1. The number of amides is 1. The Hall–Kier alpha value is -2.14. The van der Waals surface area contributed by atoms with Crippen molar-refractivity contribution in [2.24, 2.45) is 5.92 Å². The molecule has 0 radical (unpaired) electrons. The van der Waals surface area contributed by atoms with Crippen molar-refractivity contribution >= 4 is 15.7 Å². The first-order valence-corrected chi connectivity index (χ1v) is 11.4. The third kappa shape index (κ3) is 3.53. The molecule has 0 spiro atoms. The third-order valence-electron chi connectivity index (χ3n) is 6.04. The summed E-state index contributed by atoms with van der Waals surface area (Å²) in [6.07, 6.45) is 2.35. The Morgan fingerprint density at radius 2 is 1.56 bits per heavy atom. The van der Waals surface area contributed by atoms with Gasteiger partial charge in [-0.15, -0.1) is 0 Å². The highest BCUT2D eigenvalue weighted by Crippen LogP contribution is 2.41. The van der Waals surface area contributed by atoms with Gasteiger partial charge in [0.15, 0.2) is 9.84 Å². The van der Waals surface area contributed by atoms with Crippen LogP contribution in [0.4, 0.5) is 0 Å². The summed E-state index contributed by atoms with van der Waals surface area (Å²) in [7, 11) is -3.06. The largest absolute Gasteiger partial charge is 0.341 e. The van der Waals surface area contributed by atoms with E-state index in [0.717, 1.165) is 12.8 Å². The van der Waals surface area contributed by atoms with Gasteiger partial charge in [-0.2, -0.15) is 0 Å². The minimum Gasteiger partial charge on any atom is -0.341 e. The average Bonchev–Trinajstić information content (AvgIpc) is 3.08. The maximum Gasteiger partial charge on any atom is 0.226 e. The molecule has 27 heavy (non-hydrogen) atoms. The first kappa shape index (κ1) is 18.2. The maximum absolute atomic E-state index is 13.1. The number of carbonyl (C=O) groups excluding carboxylic acids is 1. The number of hydrogen-bond donors (Lipinski definition) is 0. The van der Waals surface area contributed by atoms with Crippen LogP contribution in [0.15, 0.2) is 60.7 Å². The smallest absolute Gasteiger partial charge is 0.226 e. The molecule has 0 aromatic heterocycles. The van der Waals surface area contributed by atoms with E-state index >= 15 is 0 Å². The van der Waals surface area contributed by atoms with Gasteiger partial charge in [0.1, 0.15) is 0 Å². The number of likely N-dealkylation sites (tertiary alicyclic amines) is 1. The number of benzene rings is 2. The van der Waals surface area contributed by atoms with Crippen molar-refractivity contribution in [2.45, 2.75) is 24.7 Å².